The summed E-state index contributed by atoms with van der Waals surface area (Å²) < 4.78 is 0. The summed E-state index contributed by atoms with van der Waals surface area (Å²) in [5, 5.41) is 1.49. The quantitative estimate of drug-likeness (QED) is 0.610. The summed E-state index contributed by atoms with van der Waals surface area (Å²) in [5.41, 5.74) is 1.35. The molecule has 0 atom stereocenters. The second-order valence-corrected chi connectivity index (χ2v) is 4.06. The van der Waals surface area contributed by atoms with E-state index in [1.165, 1.54) is 0 Å². The minimum absolute atomic E-state index is 0.0339. The standard InChI is InChI=1S/C14H10ClNO/c1-2-3-4-14(17)10-5-6-11-12(15)7-8-16-13(11)9-10/h1,5-9H,3-4H2. The van der Waals surface area contributed by atoms with Crippen LogP contribution in [0.1, 0.15) is 23.2 Å². The number of fused-ring (bicyclic) bond motifs is 1. The number of halogens is 1. The molecule has 0 N–H and O–H groups in total. The maximum absolute atomic E-state index is 11.8. The molecular formula is C14H10ClNO. The number of benzene rings is 1. The van der Waals surface area contributed by atoms with Crippen molar-refractivity contribution >= 4 is 28.3 Å². The van der Waals surface area contributed by atoms with Crippen LogP contribution < -0.4 is 0 Å². The van der Waals surface area contributed by atoms with Gasteiger partial charge >= 0.3 is 0 Å². The highest BCUT2D eigenvalue weighted by Gasteiger charge is 2.07. The van der Waals surface area contributed by atoms with Crippen molar-refractivity contribution in [1.82, 2.24) is 4.98 Å². The summed E-state index contributed by atoms with van der Waals surface area (Å²) in [5.74, 6) is 2.49. The number of pyridine rings is 1. The second kappa shape index (κ2) is 4.99. The lowest BCUT2D eigenvalue weighted by molar-refractivity contribution is 0.0984. The zero-order valence-electron chi connectivity index (χ0n) is 9.11. The van der Waals surface area contributed by atoms with Crippen molar-refractivity contribution in [3.8, 4) is 12.3 Å². The Balaban J connectivity index is 2.39. The normalized spacial score (nSPS) is 10.1. The first-order valence-corrected chi connectivity index (χ1v) is 5.61. The van der Waals surface area contributed by atoms with Gasteiger partial charge in [0.05, 0.1) is 10.5 Å². The zero-order chi connectivity index (χ0) is 12.3. The molecule has 0 fully saturated rings. The van der Waals surface area contributed by atoms with Gasteiger partial charge in [-0.1, -0.05) is 23.7 Å². The molecule has 2 rings (SSSR count). The maximum atomic E-state index is 11.8. The molecule has 0 unspecified atom stereocenters. The number of aromatic nitrogens is 1. The molecule has 0 aliphatic rings. The van der Waals surface area contributed by atoms with Gasteiger partial charge in [-0.15, -0.1) is 12.3 Å². The summed E-state index contributed by atoms with van der Waals surface area (Å²) >= 11 is 6.02. The van der Waals surface area contributed by atoms with Crippen molar-refractivity contribution in [2.45, 2.75) is 12.8 Å². The van der Waals surface area contributed by atoms with Crippen LogP contribution in [0.2, 0.25) is 5.02 Å². The lowest BCUT2D eigenvalue weighted by Crippen LogP contribution is -1.98. The van der Waals surface area contributed by atoms with Crippen LogP contribution in [0.5, 0.6) is 0 Å². The summed E-state index contributed by atoms with van der Waals surface area (Å²) in [6.07, 6.45) is 7.58. The number of carbonyl (C=O) groups is 1. The van der Waals surface area contributed by atoms with Crippen LogP contribution in [0, 0.1) is 12.3 Å². The number of ketones is 1. The molecule has 2 nitrogen and oxygen atoms in total. The molecule has 1 aromatic heterocycles. The van der Waals surface area contributed by atoms with Crippen LogP contribution >= 0.6 is 11.6 Å². The minimum Gasteiger partial charge on any atom is -0.294 e. The fraction of sp³-hybridized carbons (Fsp3) is 0.143. The Morgan fingerprint density at radius 3 is 3.00 bits per heavy atom. The number of Topliss-reactive ketones (excluding diaryl/α,β-unsaturated/α-hetero) is 1. The van der Waals surface area contributed by atoms with Gasteiger partial charge in [0.2, 0.25) is 0 Å². The van der Waals surface area contributed by atoms with Crippen molar-refractivity contribution in [3.63, 3.8) is 0 Å². The van der Waals surface area contributed by atoms with E-state index in [2.05, 4.69) is 10.9 Å². The third-order valence-electron chi connectivity index (χ3n) is 2.51. The van der Waals surface area contributed by atoms with Crippen molar-refractivity contribution in [2.24, 2.45) is 0 Å². The van der Waals surface area contributed by atoms with Gasteiger partial charge in [0.15, 0.2) is 5.78 Å². The number of hydrogen-bond acceptors (Lipinski definition) is 2. The molecule has 17 heavy (non-hydrogen) atoms. The Hall–Kier alpha value is -1.85. The second-order valence-electron chi connectivity index (χ2n) is 3.65. The Morgan fingerprint density at radius 2 is 2.24 bits per heavy atom. The maximum Gasteiger partial charge on any atom is 0.163 e. The highest BCUT2D eigenvalue weighted by molar-refractivity contribution is 6.35. The van der Waals surface area contributed by atoms with E-state index in [1.807, 2.05) is 6.07 Å². The summed E-state index contributed by atoms with van der Waals surface area (Å²) in [7, 11) is 0. The molecule has 0 saturated carbocycles. The van der Waals surface area contributed by atoms with E-state index < -0.39 is 0 Å². The van der Waals surface area contributed by atoms with Crippen LogP contribution in [0.25, 0.3) is 10.9 Å². The smallest absolute Gasteiger partial charge is 0.163 e. The molecule has 0 amide bonds. The molecule has 0 saturated heterocycles. The summed E-state index contributed by atoms with van der Waals surface area (Å²) in [4.78, 5) is 16.0. The highest BCUT2D eigenvalue weighted by Crippen LogP contribution is 2.22. The fourth-order valence-electron chi connectivity index (χ4n) is 1.62. The number of rotatable bonds is 3. The zero-order valence-corrected chi connectivity index (χ0v) is 9.87. The van der Waals surface area contributed by atoms with E-state index >= 15 is 0 Å². The number of hydrogen-bond donors (Lipinski definition) is 0. The SMILES string of the molecule is C#CCCC(=O)c1ccc2c(Cl)ccnc2c1. The number of nitrogens with zero attached hydrogens (tertiary/aromatic N) is 1. The molecule has 2 aromatic rings. The number of terminal acetylenes is 1. The van der Waals surface area contributed by atoms with E-state index in [1.54, 1.807) is 24.4 Å². The molecule has 0 spiro atoms. The molecule has 84 valence electrons. The highest BCUT2D eigenvalue weighted by atomic mass is 35.5. The van der Waals surface area contributed by atoms with Gasteiger partial charge in [0.25, 0.3) is 0 Å². The van der Waals surface area contributed by atoms with Gasteiger partial charge < -0.3 is 0 Å². The van der Waals surface area contributed by atoms with Crippen molar-refractivity contribution in [3.05, 3.63) is 41.0 Å². The number of carbonyl (C=O) groups excluding carboxylic acids is 1. The van der Waals surface area contributed by atoms with Gasteiger partial charge in [-0.3, -0.25) is 9.78 Å². The first kappa shape index (κ1) is 11.6. The van der Waals surface area contributed by atoms with Crippen LogP contribution in [0.3, 0.4) is 0 Å². The Morgan fingerprint density at radius 1 is 1.41 bits per heavy atom. The van der Waals surface area contributed by atoms with Crippen molar-refractivity contribution < 1.29 is 4.79 Å². The first-order chi connectivity index (χ1) is 8.22. The van der Waals surface area contributed by atoms with E-state index in [4.69, 9.17) is 18.0 Å². The Bertz CT molecular complexity index is 613. The van der Waals surface area contributed by atoms with Gasteiger partial charge in [-0.2, -0.15) is 0 Å². The third kappa shape index (κ3) is 2.46. The van der Waals surface area contributed by atoms with Gasteiger partial charge in [0, 0.05) is 30.0 Å². The largest absolute Gasteiger partial charge is 0.294 e. The van der Waals surface area contributed by atoms with Crippen LogP contribution in [-0.4, -0.2) is 10.8 Å². The van der Waals surface area contributed by atoms with Crippen LogP contribution in [0.4, 0.5) is 0 Å². The molecule has 0 radical (unpaired) electrons. The van der Waals surface area contributed by atoms with E-state index in [9.17, 15) is 4.79 Å². The Labute approximate surface area is 105 Å². The molecule has 1 heterocycles. The predicted octanol–water partition coefficient (Wildman–Crippen LogP) is 3.48. The van der Waals surface area contributed by atoms with E-state index in [-0.39, 0.29) is 5.78 Å². The Kier molecular flexibility index (Phi) is 3.41. The van der Waals surface area contributed by atoms with E-state index in [0.29, 0.717) is 23.4 Å². The van der Waals surface area contributed by atoms with Gasteiger partial charge in [-0.25, -0.2) is 0 Å². The van der Waals surface area contributed by atoms with Crippen molar-refractivity contribution in [1.29, 1.82) is 0 Å². The molecular weight excluding hydrogens is 234 g/mol. The topological polar surface area (TPSA) is 30.0 Å². The van der Waals surface area contributed by atoms with Gasteiger partial charge in [-0.05, 0) is 12.1 Å². The monoisotopic (exact) mass is 243 g/mol. The van der Waals surface area contributed by atoms with Crippen molar-refractivity contribution in [2.75, 3.05) is 0 Å². The molecule has 0 aliphatic heterocycles. The third-order valence-corrected chi connectivity index (χ3v) is 2.84. The lowest BCUT2D eigenvalue weighted by atomic mass is 10.0. The molecule has 0 aliphatic carbocycles. The minimum atomic E-state index is 0.0339. The first-order valence-electron chi connectivity index (χ1n) is 5.23. The lowest BCUT2D eigenvalue weighted by Gasteiger charge is -2.02. The summed E-state index contributed by atoms with van der Waals surface area (Å²) in [6.45, 7) is 0. The average molecular weight is 244 g/mol. The molecule has 1 aromatic carbocycles. The van der Waals surface area contributed by atoms with Crippen LogP contribution in [-0.2, 0) is 0 Å². The van der Waals surface area contributed by atoms with Gasteiger partial charge in [0.1, 0.15) is 0 Å². The predicted molar refractivity (Wildman–Crippen MR) is 69.2 cm³/mol. The molecule has 0 bridgehead atoms. The molecule has 3 heteroatoms. The fourth-order valence-corrected chi connectivity index (χ4v) is 1.83. The van der Waals surface area contributed by atoms with E-state index in [0.717, 1.165) is 10.9 Å². The average Bonchev–Trinajstić information content (AvgIpc) is 2.36. The van der Waals surface area contributed by atoms with Crippen LogP contribution in [0.15, 0.2) is 30.5 Å². The summed E-state index contributed by atoms with van der Waals surface area (Å²) in [6, 6.07) is 7.05.